The Balaban J connectivity index is 1.61. The lowest BCUT2D eigenvalue weighted by atomic mass is 9.98. The average Bonchev–Trinajstić information content (AvgIpc) is 3.51. The molecule has 0 spiro atoms. The summed E-state index contributed by atoms with van der Waals surface area (Å²) in [6, 6.07) is 11.9. The van der Waals surface area contributed by atoms with E-state index in [1.54, 1.807) is 13.3 Å². The lowest BCUT2D eigenvalue weighted by molar-refractivity contribution is 0.139. The molecule has 2 atom stereocenters. The Kier molecular flexibility index (Phi) is 5.48. The van der Waals surface area contributed by atoms with Gasteiger partial charge in [0.25, 0.3) is 0 Å². The first-order chi connectivity index (χ1) is 16.1. The molecule has 0 amide bonds. The molecule has 2 aromatic carbocycles. The normalized spacial score (nSPS) is 16.6. The van der Waals surface area contributed by atoms with Crippen molar-refractivity contribution in [1.82, 2.24) is 14.4 Å². The van der Waals surface area contributed by atoms with Gasteiger partial charge in [0.05, 0.1) is 43.5 Å². The van der Waals surface area contributed by atoms with Crippen LogP contribution in [0.2, 0.25) is 0 Å². The number of nitrogens with zero attached hydrogens (tertiary/aromatic N) is 4. The van der Waals surface area contributed by atoms with Gasteiger partial charge in [-0.25, -0.2) is 4.98 Å². The third-order valence-corrected chi connectivity index (χ3v) is 6.13. The number of hydrogen-bond donors (Lipinski definition) is 1. The van der Waals surface area contributed by atoms with E-state index in [1.165, 1.54) is 0 Å². The van der Waals surface area contributed by atoms with Gasteiger partial charge in [0.2, 0.25) is 5.78 Å². The van der Waals surface area contributed by atoms with E-state index in [-0.39, 0.29) is 12.1 Å². The summed E-state index contributed by atoms with van der Waals surface area (Å²) >= 11 is 0. The van der Waals surface area contributed by atoms with Gasteiger partial charge < -0.3 is 19.5 Å². The molecule has 8 heteroatoms. The van der Waals surface area contributed by atoms with Gasteiger partial charge in [-0.3, -0.25) is 4.40 Å². The van der Waals surface area contributed by atoms with Crippen molar-refractivity contribution >= 4 is 22.5 Å². The van der Waals surface area contributed by atoms with E-state index in [0.29, 0.717) is 41.9 Å². The van der Waals surface area contributed by atoms with Crippen LogP contribution in [0.4, 0.5) is 5.82 Å². The highest BCUT2D eigenvalue weighted by molar-refractivity contribution is 5.94. The average molecular weight is 444 g/mol. The summed E-state index contributed by atoms with van der Waals surface area (Å²) in [5.74, 6) is 2.57. The molecule has 0 bridgehead atoms. The van der Waals surface area contributed by atoms with Crippen molar-refractivity contribution in [3.63, 3.8) is 0 Å². The minimum atomic E-state index is -0.0823. The van der Waals surface area contributed by atoms with Gasteiger partial charge in [-0.05, 0) is 37.1 Å². The molecule has 1 N–H and O–H groups in total. The SMILES string of the molecule is COc1cc2c(cc1OC1CCOC1)c(NC(C)c1cccc(C#N)c1C)nc1nccn12. The van der Waals surface area contributed by atoms with Crippen LogP contribution in [0.25, 0.3) is 16.7 Å². The molecule has 4 aromatic rings. The maximum absolute atomic E-state index is 9.42. The summed E-state index contributed by atoms with van der Waals surface area (Å²) in [6.45, 7) is 5.29. The zero-order valence-corrected chi connectivity index (χ0v) is 18.8. The maximum atomic E-state index is 9.42. The van der Waals surface area contributed by atoms with Gasteiger partial charge in [0.1, 0.15) is 11.9 Å². The zero-order valence-electron chi connectivity index (χ0n) is 18.8. The fraction of sp³-hybridized carbons (Fsp3) is 0.320. The summed E-state index contributed by atoms with van der Waals surface area (Å²) in [7, 11) is 1.64. The first-order valence-corrected chi connectivity index (χ1v) is 10.9. The third kappa shape index (κ3) is 3.81. The van der Waals surface area contributed by atoms with Crippen molar-refractivity contribution < 1.29 is 14.2 Å². The van der Waals surface area contributed by atoms with Crippen molar-refractivity contribution in [2.45, 2.75) is 32.4 Å². The Hall–Kier alpha value is -3.83. The highest BCUT2D eigenvalue weighted by Crippen LogP contribution is 2.37. The van der Waals surface area contributed by atoms with E-state index in [0.717, 1.165) is 28.5 Å². The molecule has 1 saturated heterocycles. The fourth-order valence-corrected chi connectivity index (χ4v) is 4.34. The molecule has 1 aliphatic rings. The molecule has 168 valence electrons. The minimum absolute atomic E-state index is 0.00649. The summed E-state index contributed by atoms with van der Waals surface area (Å²) < 4.78 is 19.3. The second-order valence-electron chi connectivity index (χ2n) is 8.18. The number of anilines is 1. The molecule has 8 nitrogen and oxygen atoms in total. The summed E-state index contributed by atoms with van der Waals surface area (Å²) in [4.78, 5) is 9.18. The maximum Gasteiger partial charge on any atom is 0.236 e. The molecular weight excluding hydrogens is 418 g/mol. The predicted molar refractivity (Wildman–Crippen MR) is 125 cm³/mol. The first kappa shape index (κ1) is 21.0. The Morgan fingerprint density at radius 3 is 2.94 bits per heavy atom. The number of methoxy groups -OCH3 is 1. The number of aromatic nitrogens is 3. The van der Waals surface area contributed by atoms with Crippen LogP contribution < -0.4 is 14.8 Å². The number of fused-ring (bicyclic) bond motifs is 3. The number of rotatable bonds is 6. The molecule has 0 aliphatic carbocycles. The van der Waals surface area contributed by atoms with E-state index in [9.17, 15) is 5.26 Å². The van der Waals surface area contributed by atoms with E-state index in [4.69, 9.17) is 19.2 Å². The predicted octanol–water partition coefficient (Wildman–Crippen LogP) is 4.41. The van der Waals surface area contributed by atoms with Gasteiger partial charge in [-0.1, -0.05) is 12.1 Å². The molecule has 2 aromatic heterocycles. The molecule has 33 heavy (non-hydrogen) atoms. The monoisotopic (exact) mass is 443 g/mol. The van der Waals surface area contributed by atoms with Crippen LogP contribution in [0.3, 0.4) is 0 Å². The van der Waals surface area contributed by atoms with Crippen LogP contribution in [0.1, 0.15) is 36.1 Å². The van der Waals surface area contributed by atoms with Crippen LogP contribution >= 0.6 is 0 Å². The topological polar surface area (TPSA) is 93.7 Å². The van der Waals surface area contributed by atoms with Gasteiger partial charge in [0, 0.05) is 30.3 Å². The number of nitriles is 1. The van der Waals surface area contributed by atoms with Crippen molar-refractivity contribution in [3.05, 3.63) is 59.4 Å². The van der Waals surface area contributed by atoms with Crippen LogP contribution in [0, 0.1) is 18.3 Å². The number of ether oxygens (including phenoxy) is 3. The van der Waals surface area contributed by atoms with Crippen molar-refractivity contribution in [3.8, 4) is 17.6 Å². The van der Waals surface area contributed by atoms with Crippen LogP contribution in [-0.4, -0.2) is 40.8 Å². The second-order valence-corrected chi connectivity index (χ2v) is 8.18. The van der Waals surface area contributed by atoms with Crippen LogP contribution in [0.5, 0.6) is 11.5 Å². The molecule has 1 fully saturated rings. The molecule has 5 rings (SSSR count). The quantitative estimate of drug-likeness (QED) is 0.472. The minimum Gasteiger partial charge on any atom is -0.493 e. The number of nitrogens with one attached hydrogen (secondary N) is 1. The highest BCUT2D eigenvalue weighted by Gasteiger charge is 2.22. The van der Waals surface area contributed by atoms with E-state index in [2.05, 4.69) is 23.3 Å². The molecule has 1 aliphatic heterocycles. The van der Waals surface area contributed by atoms with E-state index >= 15 is 0 Å². The molecule has 0 saturated carbocycles. The first-order valence-electron chi connectivity index (χ1n) is 10.9. The Morgan fingerprint density at radius 2 is 2.18 bits per heavy atom. The number of benzene rings is 2. The third-order valence-electron chi connectivity index (χ3n) is 6.13. The Bertz CT molecular complexity index is 1370. The second kappa shape index (κ2) is 8.60. The Labute approximate surface area is 191 Å². The highest BCUT2D eigenvalue weighted by atomic mass is 16.6. The lowest BCUT2D eigenvalue weighted by Crippen LogP contribution is -2.16. The molecule has 2 unspecified atom stereocenters. The van der Waals surface area contributed by atoms with Gasteiger partial charge in [0.15, 0.2) is 11.5 Å². The summed E-state index contributed by atoms with van der Waals surface area (Å²) in [5, 5.41) is 13.8. The largest absolute Gasteiger partial charge is 0.493 e. The number of imidazole rings is 1. The van der Waals surface area contributed by atoms with E-state index in [1.807, 2.05) is 47.9 Å². The Morgan fingerprint density at radius 1 is 1.30 bits per heavy atom. The van der Waals surface area contributed by atoms with Gasteiger partial charge in [-0.2, -0.15) is 10.2 Å². The molecular formula is C25H25N5O3. The summed E-state index contributed by atoms with van der Waals surface area (Å²) in [5.41, 5.74) is 3.57. The standard InChI is InChI=1S/C25H25N5O3/c1-15-17(13-26)5-4-6-19(15)16(2)28-24-20-11-23(33-18-7-10-32-14-18)22(31-3)12-21(20)30-9-8-27-25(30)29-24/h4-6,8-9,11-12,16,18H,7,10,14H2,1-3H3,(H,27,28,29). The lowest BCUT2D eigenvalue weighted by Gasteiger charge is -2.21. The van der Waals surface area contributed by atoms with Gasteiger partial charge >= 0.3 is 0 Å². The van der Waals surface area contributed by atoms with Crippen molar-refractivity contribution in [2.24, 2.45) is 0 Å². The summed E-state index contributed by atoms with van der Waals surface area (Å²) in [6.07, 6.45) is 4.44. The van der Waals surface area contributed by atoms with Crippen molar-refractivity contribution in [2.75, 3.05) is 25.6 Å². The van der Waals surface area contributed by atoms with Crippen molar-refractivity contribution in [1.29, 1.82) is 5.26 Å². The smallest absolute Gasteiger partial charge is 0.236 e. The van der Waals surface area contributed by atoms with Crippen LogP contribution in [-0.2, 0) is 4.74 Å². The molecule has 0 radical (unpaired) electrons. The van der Waals surface area contributed by atoms with E-state index < -0.39 is 0 Å². The fourth-order valence-electron chi connectivity index (χ4n) is 4.34. The number of hydrogen-bond acceptors (Lipinski definition) is 7. The zero-order chi connectivity index (χ0) is 22.9. The molecule has 3 heterocycles. The van der Waals surface area contributed by atoms with Gasteiger partial charge in [-0.15, -0.1) is 0 Å². The van der Waals surface area contributed by atoms with Crippen LogP contribution in [0.15, 0.2) is 42.7 Å².